The second-order valence-corrected chi connectivity index (χ2v) is 4.82. The standard InChI is InChI=1S/C12H22N2O4/c13-7-8-3-1-2-4-9(8)11(16)14-6-5-10(15)12(17)18/h8-10,15H,1-7,13H2,(H,14,16)(H,17,18)/t8?,9?,10-/m0/s1. The minimum Gasteiger partial charge on any atom is -0.479 e. The first-order valence-electron chi connectivity index (χ1n) is 6.45. The Balaban J connectivity index is 2.33. The lowest BCUT2D eigenvalue weighted by atomic mass is 9.79. The molecule has 3 atom stereocenters. The Kier molecular flexibility index (Phi) is 6.07. The third kappa shape index (κ3) is 4.27. The van der Waals surface area contributed by atoms with Crippen molar-refractivity contribution in [3.05, 3.63) is 0 Å². The molecular formula is C12H22N2O4. The second-order valence-electron chi connectivity index (χ2n) is 4.82. The Morgan fingerprint density at radius 3 is 2.61 bits per heavy atom. The molecule has 2 unspecified atom stereocenters. The van der Waals surface area contributed by atoms with Gasteiger partial charge in [0.15, 0.2) is 6.10 Å². The van der Waals surface area contributed by atoms with Crippen LogP contribution in [0.5, 0.6) is 0 Å². The van der Waals surface area contributed by atoms with E-state index in [1.165, 1.54) is 0 Å². The van der Waals surface area contributed by atoms with Crippen LogP contribution in [0.1, 0.15) is 32.1 Å². The van der Waals surface area contributed by atoms with E-state index >= 15 is 0 Å². The van der Waals surface area contributed by atoms with Gasteiger partial charge in [-0.25, -0.2) is 4.79 Å². The SMILES string of the molecule is NCC1CCCCC1C(=O)NCC[C@H](O)C(=O)O. The molecule has 1 fully saturated rings. The van der Waals surface area contributed by atoms with Crippen LogP contribution in [0.4, 0.5) is 0 Å². The van der Waals surface area contributed by atoms with Crippen molar-refractivity contribution in [3.8, 4) is 0 Å². The molecule has 0 saturated heterocycles. The van der Waals surface area contributed by atoms with Gasteiger partial charge in [-0.2, -0.15) is 0 Å². The number of aliphatic carboxylic acids is 1. The summed E-state index contributed by atoms with van der Waals surface area (Å²) >= 11 is 0. The smallest absolute Gasteiger partial charge is 0.332 e. The highest BCUT2D eigenvalue weighted by molar-refractivity contribution is 5.79. The molecule has 1 rings (SSSR count). The molecule has 0 aliphatic heterocycles. The summed E-state index contributed by atoms with van der Waals surface area (Å²) in [5.41, 5.74) is 5.65. The molecule has 0 radical (unpaired) electrons. The van der Waals surface area contributed by atoms with Crippen LogP contribution in [0, 0.1) is 11.8 Å². The number of aliphatic hydroxyl groups excluding tert-OH is 1. The molecule has 104 valence electrons. The predicted octanol–water partition coefficient (Wildman–Crippen LogP) is -0.297. The van der Waals surface area contributed by atoms with E-state index in [-0.39, 0.29) is 30.7 Å². The van der Waals surface area contributed by atoms with Crippen LogP contribution in [0.15, 0.2) is 0 Å². The van der Waals surface area contributed by atoms with Crippen molar-refractivity contribution in [2.45, 2.75) is 38.2 Å². The highest BCUT2D eigenvalue weighted by Gasteiger charge is 2.29. The third-order valence-corrected chi connectivity index (χ3v) is 3.55. The summed E-state index contributed by atoms with van der Waals surface area (Å²) in [7, 11) is 0. The number of nitrogens with two attached hydrogens (primary N) is 1. The number of carbonyl (C=O) groups excluding carboxylic acids is 1. The lowest BCUT2D eigenvalue weighted by Crippen LogP contribution is -2.40. The summed E-state index contributed by atoms with van der Waals surface area (Å²) in [6.07, 6.45) is 2.58. The van der Waals surface area contributed by atoms with E-state index in [0.29, 0.717) is 6.54 Å². The Morgan fingerprint density at radius 1 is 1.33 bits per heavy atom. The minimum absolute atomic E-state index is 0.0289. The number of carboxylic acid groups (broad SMARTS) is 1. The molecule has 0 aromatic carbocycles. The number of hydrogen-bond acceptors (Lipinski definition) is 4. The zero-order valence-electron chi connectivity index (χ0n) is 10.5. The van der Waals surface area contributed by atoms with Crippen LogP contribution in [0.3, 0.4) is 0 Å². The van der Waals surface area contributed by atoms with Gasteiger partial charge < -0.3 is 21.3 Å². The van der Waals surface area contributed by atoms with Gasteiger partial charge in [0.1, 0.15) is 0 Å². The van der Waals surface area contributed by atoms with Crippen molar-refractivity contribution in [1.82, 2.24) is 5.32 Å². The Hall–Kier alpha value is -1.14. The first-order chi connectivity index (χ1) is 8.56. The molecule has 0 bridgehead atoms. The van der Waals surface area contributed by atoms with E-state index in [9.17, 15) is 9.59 Å². The van der Waals surface area contributed by atoms with E-state index < -0.39 is 12.1 Å². The van der Waals surface area contributed by atoms with E-state index in [4.69, 9.17) is 15.9 Å². The van der Waals surface area contributed by atoms with Crippen molar-refractivity contribution in [2.24, 2.45) is 17.6 Å². The Labute approximate surface area is 107 Å². The minimum atomic E-state index is -1.41. The van der Waals surface area contributed by atoms with Gasteiger partial charge in [0.25, 0.3) is 0 Å². The summed E-state index contributed by atoms with van der Waals surface area (Å²) in [5, 5.41) is 20.3. The first-order valence-corrected chi connectivity index (χ1v) is 6.45. The summed E-state index contributed by atoms with van der Waals surface area (Å²) < 4.78 is 0. The van der Waals surface area contributed by atoms with Gasteiger partial charge in [-0.05, 0) is 25.3 Å². The summed E-state index contributed by atoms with van der Waals surface area (Å²) in [6.45, 7) is 0.690. The van der Waals surface area contributed by atoms with Gasteiger partial charge in [-0.3, -0.25) is 4.79 Å². The van der Waals surface area contributed by atoms with Gasteiger partial charge >= 0.3 is 5.97 Å². The molecule has 18 heavy (non-hydrogen) atoms. The van der Waals surface area contributed by atoms with Gasteiger partial charge in [-0.1, -0.05) is 12.8 Å². The molecule has 5 N–H and O–H groups in total. The van der Waals surface area contributed by atoms with Crippen LogP contribution in [-0.2, 0) is 9.59 Å². The van der Waals surface area contributed by atoms with E-state index in [1.54, 1.807) is 0 Å². The number of carbonyl (C=O) groups is 2. The fourth-order valence-corrected chi connectivity index (χ4v) is 2.42. The fourth-order valence-electron chi connectivity index (χ4n) is 2.42. The van der Waals surface area contributed by atoms with Gasteiger partial charge in [0.2, 0.25) is 5.91 Å². The molecule has 1 aliphatic rings. The number of aliphatic hydroxyl groups is 1. The zero-order chi connectivity index (χ0) is 13.5. The maximum Gasteiger partial charge on any atom is 0.332 e. The first kappa shape index (κ1) is 14.9. The lowest BCUT2D eigenvalue weighted by Gasteiger charge is -2.29. The van der Waals surface area contributed by atoms with E-state index in [0.717, 1.165) is 25.7 Å². The molecule has 1 saturated carbocycles. The number of carboxylic acids is 1. The maximum absolute atomic E-state index is 11.9. The zero-order valence-corrected chi connectivity index (χ0v) is 10.5. The Bertz CT molecular complexity index is 296. The highest BCUT2D eigenvalue weighted by atomic mass is 16.4. The van der Waals surface area contributed by atoms with Crippen molar-refractivity contribution < 1.29 is 19.8 Å². The Morgan fingerprint density at radius 2 is 2.00 bits per heavy atom. The normalized spacial score (nSPS) is 25.4. The number of nitrogens with one attached hydrogen (secondary N) is 1. The molecule has 6 heteroatoms. The number of rotatable bonds is 6. The van der Waals surface area contributed by atoms with Crippen molar-refractivity contribution in [1.29, 1.82) is 0 Å². The van der Waals surface area contributed by atoms with E-state index in [1.807, 2.05) is 0 Å². The van der Waals surface area contributed by atoms with Gasteiger partial charge in [0, 0.05) is 18.9 Å². The van der Waals surface area contributed by atoms with Crippen molar-refractivity contribution in [3.63, 3.8) is 0 Å². The molecule has 1 amide bonds. The fraction of sp³-hybridized carbons (Fsp3) is 0.833. The summed E-state index contributed by atoms with van der Waals surface area (Å²) in [6, 6.07) is 0. The van der Waals surface area contributed by atoms with Crippen LogP contribution in [0.2, 0.25) is 0 Å². The third-order valence-electron chi connectivity index (χ3n) is 3.55. The van der Waals surface area contributed by atoms with Crippen molar-refractivity contribution >= 4 is 11.9 Å². The maximum atomic E-state index is 11.9. The van der Waals surface area contributed by atoms with E-state index in [2.05, 4.69) is 5.32 Å². The average molecular weight is 258 g/mol. The second kappa shape index (κ2) is 7.33. The molecule has 6 nitrogen and oxygen atoms in total. The number of hydrogen-bond donors (Lipinski definition) is 4. The lowest BCUT2D eigenvalue weighted by molar-refractivity contribution is -0.147. The number of amides is 1. The molecule has 1 aliphatic carbocycles. The van der Waals surface area contributed by atoms with Crippen LogP contribution < -0.4 is 11.1 Å². The monoisotopic (exact) mass is 258 g/mol. The predicted molar refractivity (Wildman–Crippen MR) is 65.8 cm³/mol. The van der Waals surface area contributed by atoms with Crippen LogP contribution in [-0.4, -0.2) is 41.3 Å². The van der Waals surface area contributed by atoms with Crippen LogP contribution >= 0.6 is 0 Å². The topological polar surface area (TPSA) is 113 Å². The molecule has 0 aromatic heterocycles. The average Bonchev–Trinajstić information content (AvgIpc) is 2.38. The largest absolute Gasteiger partial charge is 0.479 e. The highest BCUT2D eigenvalue weighted by Crippen LogP contribution is 2.29. The summed E-state index contributed by atoms with van der Waals surface area (Å²) in [5.74, 6) is -1.17. The molecular weight excluding hydrogens is 236 g/mol. The summed E-state index contributed by atoms with van der Waals surface area (Å²) in [4.78, 5) is 22.3. The van der Waals surface area contributed by atoms with Crippen LogP contribution in [0.25, 0.3) is 0 Å². The van der Waals surface area contributed by atoms with Gasteiger partial charge in [0.05, 0.1) is 0 Å². The molecule has 0 spiro atoms. The quantitative estimate of drug-likeness (QED) is 0.522. The molecule has 0 aromatic rings. The van der Waals surface area contributed by atoms with Gasteiger partial charge in [-0.15, -0.1) is 0 Å². The molecule has 0 heterocycles. The van der Waals surface area contributed by atoms with Crippen molar-refractivity contribution in [2.75, 3.05) is 13.1 Å².